The second kappa shape index (κ2) is 11.1. The van der Waals surface area contributed by atoms with Crippen molar-refractivity contribution in [2.75, 3.05) is 41.0 Å². The van der Waals surface area contributed by atoms with Gasteiger partial charge in [0.2, 0.25) is 0 Å². The smallest absolute Gasteiger partial charge is 0.331 e. The number of allylic oxidation sites excluding steroid dienone is 1. The lowest BCUT2D eigenvalue weighted by Gasteiger charge is -2.42. The molecule has 6 atom stereocenters. The summed E-state index contributed by atoms with van der Waals surface area (Å²) in [6.07, 6.45) is 7.38. The van der Waals surface area contributed by atoms with E-state index in [0.717, 1.165) is 30.7 Å². The molecule has 0 amide bonds. The number of carbonyl (C=O) groups is 1. The molecule has 7 nitrogen and oxygen atoms in total. The number of hydrogen-bond acceptors (Lipinski definition) is 7. The van der Waals surface area contributed by atoms with Crippen LogP contribution in [0.25, 0.3) is 6.08 Å². The molecule has 0 radical (unpaired) electrons. The van der Waals surface area contributed by atoms with Crippen LogP contribution in [0.1, 0.15) is 45.6 Å². The van der Waals surface area contributed by atoms with Gasteiger partial charge in [-0.2, -0.15) is 0 Å². The zero-order valence-corrected chi connectivity index (χ0v) is 22.5. The molecule has 1 aromatic rings. The summed E-state index contributed by atoms with van der Waals surface area (Å²) >= 11 is 0. The summed E-state index contributed by atoms with van der Waals surface area (Å²) in [7, 11) is 5.72. The van der Waals surface area contributed by atoms with Crippen LogP contribution >= 0.6 is 0 Å². The number of benzene rings is 1. The molecule has 1 aromatic carbocycles. The number of methoxy groups -OCH3 is 1. The van der Waals surface area contributed by atoms with Crippen molar-refractivity contribution >= 4 is 12.0 Å². The summed E-state index contributed by atoms with van der Waals surface area (Å²) in [6.45, 7) is 8.54. The van der Waals surface area contributed by atoms with Crippen molar-refractivity contribution in [1.82, 2.24) is 4.90 Å². The quantitative estimate of drug-likeness (QED) is 0.195. The van der Waals surface area contributed by atoms with E-state index in [9.17, 15) is 4.79 Å². The first-order valence-corrected chi connectivity index (χ1v) is 12.9. The van der Waals surface area contributed by atoms with Crippen molar-refractivity contribution in [3.05, 3.63) is 47.6 Å². The summed E-state index contributed by atoms with van der Waals surface area (Å²) < 4.78 is 29.8. The third kappa shape index (κ3) is 6.20. The summed E-state index contributed by atoms with van der Waals surface area (Å²) in [5.41, 5.74) is 1.61. The fraction of sp³-hybridized carbons (Fsp3) is 0.621. The number of esters is 1. The SMILES string of the molecule is CO[C@H]1[C@H](C2(C)O[C@@H]2CC=C(C)C)[C@]2(CC[C@H]1OC(=O)C=Cc1ccc(OCCN(C)C)cc1)CO2. The fourth-order valence-corrected chi connectivity index (χ4v) is 5.44. The van der Waals surface area contributed by atoms with Crippen LogP contribution in [0.15, 0.2) is 42.0 Å². The van der Waals surface area contributed by atoms with Crippen LogP contribution in [0, 0.1) is 5.92 Å². The van der Waals surface area contributed by atoms with Gasteiger partial charge in [0.25, 0.3) is 0 Å². The van der Waals surface area contributed by atoms with Gasteiger partial charge in [-0.3, -0.25) is 0 Å². The molecule has 36 heavy (non-hydrogen) atoms. The molecule has 1 spiro atoms. The third-order valence-corrected chi connectivity index (χ3v) is 7.60. The van der Waals surface area contributed by atoms with Crippen molar-refractivity contribution in [2.45, 2.75) is 69.5 Å². The van der Waals surface area contributed by atoms with Gasteiger partial charge in [0.15, 0.2) is 0 Å². The van der Waals surface area contributed by atoms with Gasteiger partial charge in [0, 0.05) is 19.7 Å². The topological polar surface area (TPSA) is 73.1 Å². The number of rotatable bonds is 11. The number of nitrogens with zero attached hydrogens (tertiary/aromatic N) is 1. The first kappa shape index (κ1) is 26.9. The lowest BCUT2D eigenvalue weighted by molar-refractivity contribution is -0.166. The normalized spacial score (nSPS) is 33.1. The molecule has 4 rings (SSSR count). The molecule has 0 aromatic heterocycles. The summed E-state index contributed by atoms with van der Waals surface area (Å²) in [4.78, 5) is 14.8. The van der Waals surface area contributed by atoms with E-state index in [4.69, 9.17) is 23.7 Å². The molecule has 2 aliphatic heterocycles. The maximum atomic E-state index is 12.7. The Labute approximate surface area is 215 Å². The molecule has 0 bridgehead atoms. The first-order valence-electron chi connectivity index (χ1n) is 12.9. The Morgan fingerprint density at radius 3 is 2.56 bits per heavy atom. The lowest BCUT2D eigenvalue weighted by atomic mass is 9.68. The van der Waals surface area contributed by atoms with E-state index in [2.05, 4.69) is 31.7 Å². The molecule has 2 heterocycles. The van der Waals surface area contributed by atoms with Crippen molar-refractivity contribution < 1.29 is 28.5 Å². The number of ether oxygens (including phenoxy) is 5. The molecule has 3 aliphatic rings. The molecule has 198 valence electrons. The molecule has 7 heteroatoms. The van der Waals surface area contributed by atoms with E-state index < -0.39 is 0 Å². The van der Waals surface area contributed by atoms with E-state index >= 15 is 0 Å². The first-order chi connectivity index (χ1) is 17.2. The summed E-state index contributed by atoms with van der Waals surface area (Å²) in [5, 5.41) is 0. The predicted molar refractivity (Wildman–Crippen MR) is 139 cm³/mol. The Kier molecular flexibility index (Phi) is 8.25. The van der Waals surface area contributed by atoms with Crippen LogP contribution in [0.3, 0.4) is 0 Å². The van der Waals surface area contributed by atoms with E-state index in [-0.39, 0.29) is 41.4 Å². The van der Waals surface area contributed by atoms with E-state index in [1.807, 2.05) is 38.4 Å². The molecule has 1 saturated carbocycles. The van der Waals surface area contributed by atoms with Crippen LogP contribution in [0.4, 0.5) is 0 Å². The van der Waals surface area contributed by atoms with Crippen LogP contribution in [-0.2, 0) is 23.7 Å². The van der Waals surface area contributed by atoms with Gasteiger partial charge in [-0.15, -0.1) is 0 Å². The second-order valence-electron chi connectivity index (χ2n) is 10.9. The minimum Gasteiger partial charge on any atom is -0.492 e. The summed E-state index contributed by atoms with van der Waals surface area (Å²) in [5.74, 6) is 0.450. The van der Waals surface area contributed by atoms with Crippen LogP contribution in [0.5, 0.6) is 5.75 Å². The molecule has 2 saturated heterocycles. The Morgan fingerprint density at radius 2 is 1.94 bits per heavy atom. The van der Waals surface area contributed by atoms with Gasteiger partial charge in [-0.1, -0.05) is 23.8 Å². The van der Waals surface area contributed by atoms with E-state index in [0.29, 0.717) is 19.6 Å². The van der Waals surface area contributed by atoms with Crippen LogP contribution in [-0.4, -0.2) is 81.3 Å². The highest BCUT2D eigenvalue weighted by molar-refractivity contribution is 5.87. The van der Waals surface area contributed by atoms with Gasteiger partial charge in [0.05, 0.1) is 18.6 Å². The average Bonchev–Trinajstić information content (AvgIpc) is 3.75. The summed E-state index contributed by atoms with van der Waals surface area (Å²) in [6, 6.07) is 7.67. The molecular weight excluding hydrogens is 458 g/mol. The minimum absolute atomic E-state index is 0.0149. The van der Waals surface area contributed by atoms with Crippen molar-refractivity contribution in [2.24, 2.45) is 5.92 Å². The van der Waals surface area contributed by atoms with E-state index in [1.165, 1.54) is 11.6 Å². The van der Waals surface area contributed by atoms with Gasteiger partial charge < -0.3 is 28.6 Å². The fourth-order valence-electron chi connectivity index (χ4n) is 5.44. The Bertz CT molecular complexity index is 962. The predicted octanol–water partition coefficient (Wildman–Crippen LogP) is 4.26. The van der Waals surface area contributed by atoms with Gasteiger partial charge >= 0.3 is 5.97 Å². The molecule has 1 unspecified atom stereocenters. The Hall–Kier alpha value is -2.19. The largest absolute Gasteiger partial charge is 0.492 e. The van der Waals surface area contributed by atoms with Crippen LogP contribution < -0.4 is 4.74 Å². The van der Waals surface area contributed by atoms with E-state index in [1.54, 1.807) is 13.2 Å². The zero-order chi connectivity index (χ0) is 25.9. The maximum absolute atomic E-state index is 12.7. The average molecular weight is 500 g/mol. The molecule has 0 N–H and O–H groups in total. The highest BCUT2D eigenvalue weighted by Gasteiger charge is 2.72. The number of carbonyl (C=O) groups excluding carboxylic acids is 1. The second-order valence-corrected chi connectivity index (χ2v) is 10.9. The highest BCUT2D eigenvalue weighted by atomic mass is 16.6. The van der Waals surface area contributed by atoms with Gasteiger partial charge in [-0.05, 0) is 77.9 Å². The van der Waals surface area contributed by atoms with Crippen molar-refractivity contribution in [3.8, 4) is 5.75 Å². The van der Waals surface area contributed by atoms with Crippen molar-refractivity contribution in [3.63, 3.8) is 0 Å². The number of hydrogen-bond donors (Lipinski definition) is 0. The third-order valence-electron chi connectivity index (χ3n) is 7.60. The van der Waals surface area contributed by atoms with Crippen LogP contribution in [0.2, 0.25) is 0 Å². The van der Waals surface area contributed by atoms with Gasteiger partial charge in [-0.25, -0.2) is 4.79 Å². The maximum Gasteiger partial charge on any atom is 0.331 e. The number of likely N-dealkylation sites (N-methyl/N-ethyl adjacent to an activating group) is 1. The molecular formula is C29H41NO6. The standard InChI is InChI=1S/C29H41NO6/c1-20(2)7-13-24-28(3,36-24)27-26(32-6)23(15-16-29(27)19-34-29)35-25(31)14-10-21-8-11-22(12-9-21)33-18-17-30(4)5/h7-12,14,23-24,26-27H,13,15-19H2,1-6H3/t23-,24-,26-,27-,28?,29+/m1/s1. The minimum atomic E-state index is -0.372. The zero-order valence-electron chi connectivity index (χ0n) is 22.5. The number of epoxide rings is 2. The molecule has 3 fully saturated rings. The monoisotopic (exact) mass is 499 g/mol. The van der Waals surface area contributed by atoms with Gasteiger partial charge in [0.1, 0.15) is 35.8 Å². The highest BCUT2D eigenvalue weighted by Crippen LogP contribution is 2.59. The Morgan fingerprint density at radius 1 is 1.22 bits per heavy atom. The lowest BCUT2D eigenvalue weighted by Crippen LogP contribution is -2.55. The Balaban J connectivity index is 1.36. The van der Waals surface area contributed by atoms with Crippen molar-refractivity contribution in [1.29, 1.82) is 0 Å². The molecule has 1 aliphatic carbocycles.